The van der Waals surface area contributed by atoms with E-state index in [1.54, 1.807) is 0 Å². The van der Waals surface area contributed by atoms with Crippen LogP contribution in [0.2, 0.25) is 0 Å². The zero-order valence-corrected chi connectivity index (χ0v) is 5.70. The van der Waals surface area contributed by atoms with E-state index in [1.807, 2.05) is 0 Å². The highest BCUT2D eigenvalue weighted by Crippen LogP contribution is 2.44. The van der Waals surface area contributed by atoms with Crippen molar-refractivity contribution >= 4 is 38.4 Å². The van der Waals surface area contributed by atoms with E-state index in [2.05, 4.69) is 9.52 Å². The highest BCUT2D eigenvalue weighted by molar-refractivity contribution is 7.41. The normalized spacial score (nSPS) is 28.3. The molecule has 7 heavy (non-hydrogen) atoms. The molecule has 1 aliphatic rings. The first kappa shape index (κ1) is 5.61. The molecule has 1 atom stereocenters. The summed E-state index contributed by atoms with van der Waals surface area (Å²) in [6, 6.07) is 0. The van der Waals surface area contributed by atoms with Gasteiger partial charge in [0.1, 0.15) is 8.81 Å². The van der Waals surface area contributed by atoms with Crippen molar-refractivity contribution in [2.24, 2.45) is 4.99 Å². The topological polar surface area (TPSA) is 21.6 Å². The average molecular weight is 158 g/mol. The summed E-state index contributed by atoms with van der Waals surface area (Å²) in [5, 5.41) is 0. The maximum Gasteiger partial charge on any atom is 0.262 e. The predicted molar refractivity (Wildman–Crippen MR) is 32.3 cm³/mol. The summed E-state index contributed by atoms with van der Waals surface area (Å²) >= 11 is 10.8. The zero-order chi connectivity index (χ0) is 5.33. The smallest absolute Gasteiger partial charge is 0.262 e. The molecule has 0 saturated carbocycles. The van der Waals surface area contributed by atoms with E-state index in [0.29, 0.717) is 0 Å². The lowest BCUT2D eigenvalue weighted by atomic mass is 11.3. The molecule has 1 heterocycles. The predicted octanol–water partition coefficient (Wildman–Crippen LogP) is 1.73. The van der Waals surface area contributed by atoms with E-state index in [-0.39, 0.29) is 8.81 Å². The molecule has 0 saturated heterocycles. The van der Waals surface area contributed by atoms with Crippen LogP contribution in [0.25, 0.3) is 0 Å². The van der Waals surface area contributed by atoms with Crippen molar-refractivity contribution in [3.63, 3.8) is 0 Å². The molecular weight excluding hydrogens is 156 g/mol. The average Bonchev–Trinajstić information content (AvgIpc) is 1.84. The number of hydrogen-bond donors (Lipinski definition) is 0. The number of rotatable bonds is 0. The van der Waals surface area contributed by atoms with Crippen molar-refractivity contribution in [3.8, 4) is 0 Å². The monoisotopic (exact) mass is 157 g/mol. The van der Waals surface area contributed by atoms with E-state index in [1.165, 1.54) is 6.40 Å². The van der Waals surface area contributed by atoms with E-state index in [9.17, 15) is 0 Å². The van der Waals surface area contributed by atoms with Gasteiger partial charge in [-0.2, -0.15) is 0 Å². The van der Waals surface area contributed by atoms with Gasteiger partial charge in [0, 0.05) is 0 Å². The van der Waals surface area contributed by atoms with Crippen LogP contribution >= 0.6 is 32.0 Å². The summed E-state index contributed by atoms with van der Waals surface area (Å²) in [7, 11) is 0.0440. The van der Waals surface area contributed by atoms with Gasteiger partial charge in [0.15, 0.2) is 6.40 Å². The van der Waals surface area contributed by atoms with Gasteiger partial charge in [0.25, 0.3) is 4.20 Å². The second-order valence-electron chi connectivity index (χ2n) is 0.996. The Morgan fingerprint density at radius 1 is 1.71 bits per heavy atom. The van der Waals surface area contributed by atoms with Gasteiger partial charge >= 0.3 is 0 Å². The summed E-state index contributed by atoms with van der Waals surface area (Å²) < 4.78 is 3.65. The maximum atomic E-state index is 5.42. The summed E-state index contributed by atoms with van der Waals surface area (Å²) in [6.45, 7) is 0. The Balaban J connectivity index is 2.57. The van der Waals surface area contributed by atoms with Gasteiger partial charge in [-0.15, -0.1) is 0 Å². The highest BCUT2D eigenvalue weighted by atomic mass is 35.5. The van der Waals surface area contributed by atoms with Crippen LogP contribution in [0.5, 0.6) is 0 Å². The van der Waals surface area contributed by atoms with Crippen molar-refractivity contribution in [1.82, 2.24) is 0 Å². The Hall–Kier alpha value is 0.480. The molecule has 0 aliphatic carbocycles. The molecular formula is C2H2Cl2NOP. The lowest BCUT2D eigenvalue weighted by Crippen LogP contribution is -1.91. The number of halogens is 2. The van der Waals surface area contributed by atoms with Crippen molar-refractivity contribution in [2.45, 2.75) is 4.20 Å². The Morgan fingerprint density at radius 2 is 2.43 bits per heavy atom. The van der Waals surface area contributed by atoms with E-state index >= 15 is 0 Å². The van der Waals surface area contributed by atoms with Crippen LogP contribution < -0.4 is 0 Å². The van der Waals surface area contributed by atoms with Crippen molar-refractivity contribution in [1.29, 1.82) is 0 Å². The first-order valence-electron chi connectivity index (χ1n) is 1.55. The molecule has 0 amide bonds. The minimum absolute atomic E-state index is 0.0440. The summed E-state index contributed by atoms with van der Waals surface area (Å²) in [4.78, 5) is 3.56. The molecule has 5 heteroatoms. The van der Waals surface area contributed by atoms with Crippen LogP contribution in [0.3, 0.4) is 0 Å². The maximum absolute atomic E-state index is 5.42. The Morgan fingerprint density at radius 3 is 2.57 bits per heavy atom. The third kappa shape index (κ3) is 1.45. The largest absolute Gasteiger partial charge is 0.461 e. The molecule has 0 bridgehead atoms. The molecule has 2 nitrogen and oxygen atoms in total. The van der Waals surface area contributed by atoms with Gasteiger partial charge in [0.05, 0.1) is 0 Å². The third-order valence-electron chi connectivity index (χ3n) is 0.449. The lowest BCUT2D eigenvalue weighted by Gasteiger charge is -2.00. The fourth-order valence-electron chi connectivity index (χ4n) is 0.216. The summed E-state index contributed by atoms with van der Waals surface area (Å²) in [5.74, 6) is 0. The molecule has 0 aromatic heterocycles. The molecule has 1 rings (SSSR count). The van der Waals surface area contributed by atoms with Crippen LogP contribution in [0.4, 0.5) is 0 Å². The Kier molecular flexibility index (Phi) is 1.42. The zero-order valence-electron chi connectivity index (χ0n) is 3.19. The molecule has 0 fully saturated rings. The lowest BCUT2D eigenvalue weighted by molar-refractivity contribution is 0.674. The number of nitrogens with zero attached hydrogens (tertiary/aromatic N) is 1. The van der Waals surface area contributed by atoms with Gasteiger partial charge in [-0.05, 0) is 0 Å². The highest BCUT2D eigenvalue weighted by Gasteiger charge is 2.27. The van der Waals surface area contributed by atoms with Crippen molar-refractivity contribution in [3.05, 3.63) is 0 Å². The second-order valence-corrected chi connectivity index (χ2v) is 4.08. The van der Waals surface area contributed by atoms with Gasteiger partial charge in [-0.1, -0.05) is 23.2 Å². The summed E-state index contributed by atoms with van der Waals surface area (Å²) in [5.41, 5.74) is 0. The molecule has 0 aromatic carbocycles. The quantitative estimate of drug-likeness (QED) is 0.298. The minimum Gasteiger partial charge on any atom is -0.461 e. The fourth-order valence-corrected chi connectivity index (χ4v) is 0.916. The number of aliphatic imine (C=N–C) groups is 1. The van der Waals surface area contributed by atoms with E-state index in [4.69, 9.17) is 23.2 Å². The second kappa shape index (κ2) is 1.77. The molecule has 1 aliphatic heterocycles. The SMILES string of the molecule is ClC1(Cl)N=COP1. The Labute approximate surface area is 52.7 Å². The number of alkyl halides is 2. The van der Waals surface area contributed by atoms with Crippen LogP contribution in [0, 0.1) is 0 Å². The number of hydrogen-bond acceptors (Lipinski definition) is 2. The first-order valence-corrected chi connectivity index (χ1v) is 3.21. The van der Waals surface area contributed by atoms with Gasteiger partial charge < -0.3 is 4.52 Å². The van der Waals surface area contributed by atoms with Gasteiger partial charge in [-0.25, -0.2) is 4.99 Å². The van der Waals surface area contributed by atoms with Crippen LogP contribution in [-0.4, -0.2) is 10.6 Å². The first-order chi connectivity index (χ1) is 3.21. The Bertz CT molecular complexity index is 104. The van der Waals surface area contributed by atoms with Gasteiger partial charge in [-0.3, -0.25) is 0 Å². The summed E-state index contributed by atoms with van der Waals surface area (Å²) in [6.07, 6.45) is 1.26. The van der Waals surface area contributed by atoms with E-state index in [0.717, 1.165) is 0 Å². The van der Waals surface area contributed by atoms with E-state index < -0.39 is 4.20 Å². The molecule has 0 aromatic rings. The van der Waals surface area contributed by atoms with Crippen molar-refractivity contribution < 1.29 is 4.52 Å². The van der Waals surface area contributed by atoms with Gasteiger partial charge in [0.2, 0.25) is 0 Å². The molecule has 1 unspecified atom stereocenters. The van der Waals surface area contributed by atoms with Crippen LogP contribution in [-0.2, 0) is 4.52 Å². The molecule has 0 radical (unpaired) electrons. The minimum atomic E-state index is -0.986. The van der Waals surface area contributed by atoms with Crippen LogP contribution in [0.1, 0.15) is 0 Å². The van der Waals surface area contributed by atoms with Crippen molar-refractivity contribution in [2.75, 3.05) is 0 Å². The standard InChI is InChI=1S/C2H2Cl2NOP/c3-2(4)5-1-6-7-2/h1,7H. The molecule has 40 valence electrons. The molecule has 0 spiro atoms. The van der Waals surface area contributed by atoms with Crippen LogP contribution in [0.15, 0.2) is 4.99 Å². The molecule has 0 N–H and O–H groups in total. The third-order valence-corrected chi connectivity index (χ3v) is 1.71. The fraction of sp³-hybridized carbons (Fsp3) is 0.500.